The Morgan fingerprint density at radius 2 is 1.83 bits per heavy atom. The van der Waals surface area contributed by atoms with Crippen LogP contribution in [-0.4, -0.2) is 70.7 Å². The molecule has 0 bridgehead atoms. The van der Waals surface area contributed by atoms with E-state index in [-0.39, 0.29) is 23.0 Å². The predicted molar refractivity (Wildman–Crippen MR) is 118 cm³/mol. The number of carbonyl (C=O) groups is 1. The summed E-state index contributed by atoms with van der Waals surface area (Å²) < 4.78 is 12.2. The molecule has 0 radical (unpaired) electrons. The lowest BCUT2D eigenvalue weighted by atomic mass is 9.81. The van der Waals surface area contributed by atoms with Gasteiger partial charge in [-0.25, -0.2) is 9.97 Å². The van der Waals surface area contributed by atoms with Gasteiger partial charge >= 0.3 is 7.12 Å². The van der Waals surface area contributed by atoms with Crippen molar-refractivity contribution in [2.45, 2.75) is 70.6 Å². The van der Waals surface area contributed by atoms with Gasteiger partial charge in [-0.1, -0.05) is 0 Å². The molecule has 7 nitrogen and oxygen atoms in total. The second-order valence-electron chi connectivity index (χ2n) is 9.77. The van der Waals surface area contributed by atoms with E-state index in [1.807, 2.05) is 45.0 Å². The lowest BCUT2D eigenvalue weighted by molar-refractivity contribution is -0.130. The van der Waals surface area contributed by atoms with Crippen LogP contribution in [0, 0.1) is 5.92 Å². The Morgan fingerprint density at radius 1 is 1.20 bits per heavy atom. The molecule has 1 aromatic rings. The number of likely N-dealkylation sites (tertiary alicyclic amines) is 1. The van der Waals surface area contributed by atoms with Crippen LogP contribution in [0.25, 0.3) is 0 Å². The molecule has 30 heavy (non-hydrogen) atoms. The summed E-state index contributed by atoms with van der Waals surface area (Å²) in [6.45, 7) is 10.6. The normalized spacial score (nSPS) is 25.4. The Labute approximate surface area is 184 Å². The van der Waals surface area contributed by atoms with Gasteiger partial charge in [0.1, 0.15) is 5.88 Å². The third-order valence-corrected chi connectivity index (χ3v) is 7.10. The molecule has 3 aliphatic rings. The van der Waals surface area contributed by atoms with Gasteiger partial charge < -0.3 is 19.1 Å². The highest BCUT2D eigenvalue weighted by Gasteiger charge is 2.52. The average molecular weight is 435 g/mol. The highest BCUT2D eigenvalue weighted by atomic mass is 35.5. The van der Waals surface area contributed by atoms with Gasteiger partial charge in [-0.2, -0.15) is 0 Å². The van der Waals surface area contributed by atoms with Gasteiger partial charge in [0, 0.05) is 43.5 Å². The van der Waals surface area contributed by atoms with Gasteiger partial charge in [-0.05, 0) is 59.3 Å². The average Bonchev–Trinajstić information content (AvgIpc) is 3.53. The molecule has 2 saturated heterocycles. The van der Waals surface area contributed by atoms with E-state index < -0.39 is 7.12 Å². The summed E-state index contributed by atoms with van der Waals surface area (Å²) >= 11 is 5.76. The van der Waals surface area contributed by atoms with Crippen LogP contribution in [0.5, 0.6) is 0 Å². The van der Waals surface area contributed by atoms with Crippen molar-refractivity contribution in [2.75, 3.05) is 30.4 Å². The molecule has 2 aliphatic heterocycles. The van der Waals surface area contributed by atoms with E-state index in [4.69, 9.17) is 20.9 Å². The number of amides is 1. The molecule has 0 aromatic carbocycles. The fourth-order valence-electron chi connectivity index (χ4n) is 4.16. The minimum atomic E-state index is -0.452. The van der Waals surface area contributed by atoms with Crippen LogP contribution in [0.2, 0.25) is 0 Å². The number of piperidine rings is 1. The molecule has 3 fully saturated rings. The third-order valence-electron chi connectivity index (χ3n) is 6.87. The minimum Gasteiger partial charge on any atom is -0.399 e. The zero-order chi connectivity index (χ0) is 21.5. The molecule has 0 unspecified atom stereocenters. The van der Waals surface area contributed by atoms with Gasteiger partial charge in [0.2, 0.25) is 11.9 Å². The Hall–Kier alpha value is -1.38. The Bertz CT molecular complexity index is 756. The molecule has 4 rings (SSSR count). The quantitative estimate of drug-likeness (QED) is 0.505. The summed E-state index contributed by atoms with van der Waals surface area (Å²) in [5, 5.41) is 0. The van der Waals surface area contributed by atoms with Crippen LogP contribution in [0.1, 0.15) is 53.4 Å². The maximum atomic E-state index is 12.0. The summed E-state index contributed by atoms with van der Waals surface area (Å²) in [5.74, 6) is 1.25. The maximum Gasteiger partial charge on any atom is 0.498 e. The maximum absolute atomic E-state index is 12.0. The number of nitrogens with zero attached hydrogens (tertiary/aromatic N) is 4. The summed E-state index contributed by atoms with van der Waals surface area (Å²) in [6.07, 6.45) is 8.11. The lowest BCUT2D eigenvalue weighted by Crippen LogP contribution is -2.45. The van der Waals surface area contributed by atoms with Crippen molar-refractivity contribution in [1.82, 2.24) is 14.9 Å². The van der Waals surface area contributed by atoms with Gasteiger partial charge in [0.25, 0.3) is 0 Å². The van der Waals surface area contributed by atoms with E-state index >= 15 is 0 Å². The van der Waals surface area contributed by atoms with Crippen molar-refractivity contribution in [3.63, 3.8) is 0 Å². The van der Waals surface area contributed by atoms with E-state index in [1.54, 1.807) is 0 Å². The van der Waals surface area contributed by atoms with E-state index in [0.29, 0.717) is 12.0 Å². The zero-order valence-corrected chi connectivity index (χ0v) is 19.2. The molecule has 1 atom stereocenters. The van der Waals surface area contributed by atoms with E-state index in [2.05, 4.69) is 14.9 Å². The first-order chi connectivity index (χ1) is 14.2. The fourth-order valence-corrected chi connectivity index (χ4v) is 4.33. The van der Waals surface area contributed by atoms with Gasteiger partial charge in [0.15, 0.2) is 0 Å². The second-order valence-corrected chi connectivity index (χ2v) is 10.0. The number of aromatic nitrogens is 2. The largest absolute Gasteiger partial charge is 0.498 e. The summed E-state index contributed by atoms with van der Waals surface area (Å²) in [7, 11) is -0.452. The van der Waals surface area contributed by atoms with Crippen LogP contribution in [-0.2, 0) is 14.1 Å². The van der Waals surface area contributed by atoms with Crippen LogP contribution in [0.15, 0.2) is 12.4 Å². The predicted octanol–water partition coefficient (Wildman–Crippen LogP) is 2.22. The first kappa shape index (κ1) is 21.8. The van der Waals surface area contributed by atoms with Gasteiger partial charge in [0.05, 0.1) is 11.2 Å². The number of halogens is 1. The van der Waals surface area contributed by atoms with Crippen molar-refractivity contribution < 1.29 is 14.1 Å². The molecule has 164 valence electrons. The number of rotatable bonds is 6. The first-order valence-electron chi connectivity index (χ1n) is 11.0. The van der Waals surface area contributed by atoms with Crippen LogP contribution >= 0.6 is 11.6 Å². The molecule has 9 heteroatoms. The molecular weight excluding hydrogens is 403 g/mol. The monoisotopic (exact) mass is 434 g/mol. The number of hydrogen-bond acceptors (Lipinski definition) is 6. The number of anilines is 1. The molecule has 1 saturated carbocycles. The molecule has 0 spiro atoms. The van der Waals surface area contributed by atoms with Gasteiger partial charge in [-0.3, -0.25) is 4.79 Å². The topological polar surface area (TPSA) is 67.8 Å². The van der Waals surface area contributed by atoms with E-state index in [0.717, 1.165) is 43.9 Å². The number of hydrogen-bond donors (Lipinski definition) is 0. The highest BCUT2D eigenvalue weighted by molar-refractivity contribution is 6.61. The summed E-state index contributed by atoms with van der Waals surface area (Å²) in [6, 6.07) is 0.492. The Morgan fingerprint density at radius 3 is 2.40 bits per heavy atom. The summed E-state index contributed by atoms with van der Waals surface area (Å²) in [5.41, 5.74) is 0.0673. The Kier molecular flexibility index (Phi) is 6.03. The molecule has 1 amide bonds. The lowest BCUT2D eigenvalue weighted by Gasteiger charge is -2.35. The van der Waals surface area contributed by atoms with Crippen molar-refractivity contribution in [3.05, 3.63) is 12.4 Å². The second kappa shape index (κ2) is 8.28. The van der Waals surface area contributed by atoms with E-state index in [9.17, 15) is 4.79 Å². The minimum absolute atomic E-state index is 0.0300. The SMILES string of the molecule is CC1(C)OB(c2cnc(N(C[C@@H]3CCCN(C(=O)CCl)C3)C3CC3)nc2)OC1(C)C. The van der Waals surface area contributed by atoms with Crippen LogP contribution < -0.4 is 10.4 Å². The van der Waals surface area contributed by atoms with Gasteiger partial charge in [-0.15, -0.1) is 11.6 Å². The summed E-state index contributed by atoms with van der Waals surface area (Å²) in [4.78, 5) is 25.6. The first-order valence-corrected chi connectivity index (χ1v) is 11.5. The standard InChI is InChI=1S/C21H32BClN4O3/c1-20(2)21(3,4)30-22(29-20)16-11-24-19(25-12-16)27(17-7-8-17)14-15-6-5-9-26(13-15)18(28)10-23/h11-12,15,17H,5-10,13-14H2,1-4H3/t15-/m1/s1. The fraction of sp³-hybridized carbons (Fsp3) is 0.762. The number of alkyl halides is 1. The Balaban J connectivity index is 1.43. The molecule has 0 N–H and O–H groups in total. The number of carbonyl (C=O) groups excluding carboxylic acids is 1. The highest BCUT2D eigenvalue weighted by Crippen LogP contribution is 2.36. The third kappa shape index (κ3) is 4.46. The van der Waals surface area contributed by atoms with Crippen molar-refractivity contribution >= 4 is 36.0 Å². The van der Waals surface area contributed by atoms with Crippen molar-refractivity contribution in [3.8, 4) is 0 Å². The molecular formula is C21H32BClN4O3. The van der Waals surface area contributed by atoms with Crippen LogP contribution in [0.4, 0.5) is 5.95 Å². The molecule has 3 heterocycles. The van der Waals surface area contributed by atoms with Crippen LogP contribution in [0.3, 0.4) is 0 Å². The zero-order valence-electron chi connectivity index (χ0n) is 18.4. The van der Waals surface area contributed by atoms with Crippen molar-refractivity contribution in [1.29, 1.82) is 0 Å². The molecule has 1 aromatic heterocycles. The molecule has 1 aliphatic carbocycles. The van der Waals surface area contributed by atoms with E-state index in [1.165, 1.54) is 12.8 Å². The smallest absolute Gasteiger partial charge is 0.399 e. The van der Waals surface area contributed by atoms with Crippen molar-refractivity contribution in [2.24, 2.45) is 5.92 Å².